The van der Waals surface area contributed by atoms with Crippen molar-refractivity contribution in [3.63, 3.8) is 0 Å². The fourth-order valence-electron chi connectivity index (χ4n) is 1.50. The molecule has 0 radical (unpaired) electrons. The Kier molecular flexibility index (Phi) is 4.72. The van der Waals surface area contributed by atoms with Gasteiger partial charge in [0, 0.05) is 13.0 Å². The van der Waals surface area contributed by atoms with E-state index in [1.165, 1.54) is 0 Å². The van der Waals surface area contributed by atoms with Crippen molar-refractivity contribution in [2.45, 2.75) is 25.9 Å². The molecular weight excluding hydrogens is 232 g/mol. The Morgan fingerprint density at radius 3 is 2.78 bits per heavy atom. The van der Waals surface area contributed by atoms with Crippen LogP contribution in [0, 0.1) is 0 Å². The van der Waals surface area contributed by atoms with Gasteiger partial charge in [-0.3, -0.25) is 0 Å². The molecule has 0 atom stereocenters. The van der Waals surface area contributed by atoms with Crippen LogP contribution in [0.2, 0.25) is 0 Å². The standard InChI is InChI=1S/C13H16N2O3/c16-9-5-4-8-13-14-12(15-18-13)10-17-11-6-2-1-3-7-11/h1-3,6-7,16H,4-5,8-10H2. The summed E-state index contributed by atoms with van der Waals surface area (Å²) in [5.41, 5.74) is 0. The average molecular weight is 248 g/mol. The highest BCUT2D eigenvalue weighted by Gasteiger charge is 2.06. The van der Waals surface area contributed by atoms with Crippen LogP contribution in [0.1, 0.15) is 24.6 Å². The summed E-state index contributed by atoms with van der Waals surface area (Å²) in [4.78, 5) is 4.21. The molecular formula is C13H16N2O3. The van der Waals surface area contributed by atoms with Crippen molar-refractivity contribution in [2.24, 2.45) is 0 Å². The number of para-hydroxylation sites is 1. The summed E-state index contributed by atoms with van der Waals surface area (Å²) in [6.07, 6.45) is 2.29. The van der Waals surface area contributed by atoms with Gasteiger partial charge in [-0.2, -0.15) is 4.98 Å². The van der Waals surface area contributed by atoms with Gasteiger partial charge in [-0.15, -0.1) is 0 Å². The molecule has 0 aliphatic rings. The Morgan fingerprint density at radius 1 is 1.17 bits per heavy atom. The van der Waals surface area contributed by atoms with E-state index in [0.29, 0.717) is 24.7 Å². The third kappa shape index (κ3) is 3.85. The van der Waals surface area contributed by atoms with E-state index in [4.69, 9.17) is 14.4 Å². The van der Waals surface area contributed by atoms with Gasteiger partial charge in [0.1, 0.15) is 5.75 Å². The van der Waals surface area contributed by atoms with Crippen molar-refractivity contribution >= 4 is 0 Å². The van der Waals surface area contributed by atoms with Gasteiger partial charge in [0.05, 0.1) is 0 Å². The van der Waals surface area contributed by atoms with Gasteiger partial charge >= 0.3 is 0 Å². The van der Waals surface area contributed by atoms with Crippen LogP contribution in [0.3, 0.4) is 0 Å². The summed E-state index contributed by atoms with van der Waals surface area (Å²) in [5, 5.41) is 12.5. The molecule has 96 valence electrons. The minimum Gasteiger partial charge on any atom is -0.485 e. The summed E-state index contributed by atoms with van der Waals surface area (Å²) < 4.78 is 10.6. The second-order valence-corrected chi connectivity index (χ2v) is 3.89. The fraction of sp³-hybridized carbons (Fsp3) is 0.385. The number of ether oxygens (including phenoxy) is 1. The lowest BCUT2D eigenvalue weighted by Crippen LogP contribution is -1.97. The smallest absolute Gasteiger partial charge is 0.226 e. The van der Waals surface area contributed by atoms with Gasteiger partial charge in [0.25, 0.3) is 0 Å². The molecule has 18 heavy (non-hydrogen) atoms. The van der Waals surface area contributed by atoms with E-state index in [0.717, 1.165) is 18.6 Å². The first-order valence-electron chi connectivity index (χ1n) is 5.98. The maximum absolute atomic E-state index is 8.67. The molecule has 1 N–H and O–H groups in total. The van der Waals surface area contributed by atoms with Gasteiger partial charge in [-0.1, -0.05) is 23.4 Å². The molecule has 1 aromatic carbocycles. The van der Waals surface area contributed by atoms with E-state index < -0.39 is 0 Å². The van der Waals surface area contributed by atoms with E-state index in [-0.39, 0.29) is 6.61 Å². The van der Waals surface area contributed by atoms with Crippen LogP contribution < -0.4 is 4.74 Å². The number of hydrogen-bond donors (Lipinski definition) is 1. The zero-order valence-electron chi connectivity index (χ0n) is 10.1. The summed E-state index contributed by atoms with van der Waals surface area (Å²) in [6, 6.07) is 9.50. The Labute approximate surface area is 105 Å². The lowest BCUT2D eigenvalue weighted by molar-refractivity contribution is 0.278. The van der Waals surface area contributed by atoms with Crippen LogP contribution in [0.25, 0.3) is 0 Å². The first kappa shape index (κ1) is 12.6. The normalized spacial score (nSPS) is 10.5. The van der Waals surface area contributed by atoms with Gasteiger partial charge in [0.15, 0.2) is 6.61 Å². The quantitative estimate of drug-likeness (QED) is 0.758. The zero-order valence-corrected chi connectivity index (χ0v) is 10.1. The molecule has 1 heterocycles. The van der Waals surface area contributed by atoms with Crippen LogP contribution in [0.4, 0.5) is 0 Å². The molecule has 0 bridgehead atoms. The van der Waals surface area contributed by atoms with E-state index in [9.17, 15) is 0 Å². The summed E-state index contributed by atoms with van der Waals surface area (Å²) in [7, 11) is 0. The number of nitrogens with zero attached hydrogens (tertiary/aromatic N) is 2. The first-order valence-corrected chi connectivity index (χ1v) is 5.98. The molecule has 5 nitrogen and oxygen atoms in total. The molecule has 1 aromatic heterocycles. The Hall–Kier alpha value is -1.88. The second kappa shape index (κ2) is 6.76. The second-order valence-electron chi connectivity index (χ2n) is 3.89. The third-order valence-electron chi connectivity index (χ3n) is 2.42. The molecule has 2 rings (SSSR count). The minimum atomic E-state index is 0.193. The Balaban J connectivity index is 1.80. The Bertz CT molecular complexity index is 456. The van der Waals surface area contributed by atoms with Crippen molar-refractivity contribution in [3.8, 4) is 5.75 Å². The third-order valence-corrected chi connectivity index (χ3v) is 2.42. The predicted molar refractivity (Wildman–Crippen MR) is 65.1 cm³/mol. The topological polar surface area (TPSA) is 68.4 Å². The molecule has 0 unspecified atom stereocenters. The zero-order chi connectivity index (χ0) is 12.6. The number of aliphatic hydroxyl groups is 1. The number of rotatable bonds is 7. The summed E-state index contributed by atoms with van der Waals surface area (Å²) in [6.45, 7) is 0.492. The van der Waals surface area contributed by atoms with E-state index >= 15 is 0 Å². The number of aromatic nitrogens is 2. The van der Waals surface area contributed by atoms with Gasteiger partial charge in [-0.05, 0) is 25.0 Å². The number of aryl methyl sites for hydroxylation is 1. The molecule has 0 saturated carbocycles. The van der Waals surface area contributed by atoms with Crippen LogP contribution in [-0.2, 0) is 13.0 Å². The molecule has 0 spiro atoms. The first-order chi connectivity index (χ1) is 8.88. The maximum atomic E-state index is 8.67. The highest BCUT2D eigenvalue weighted by Crippen LogP contribution is 2.10. The molecule has 5 heteroatoms. The van der Waals surface area contributed by atoms with Crippen LogP contribution in [0.15, 0.2) is 34.9 Å². The van der Waals surface area contributed by atoms with Crippen molar-refractivity contribution in [3.05, 3.63) is 42.0 Å². The highest BCUT2D eigenvalue weighted by atomic mass is 16.5. The highest BCUT2D eigenvalue weighted by molar-refractivity contribution is 5.20. The van der Waals surface area contributed by atoms with Crippen molar-refractivity contribution in [1.82, 2.24) is 10.1 Å². The van der Waals surface area contributed by atoms with E-state index in [2.05, 4.69) is 10.1 Å². The number of hydrogen-bond acceptors (Lipinski definition) is 5. The van der Waals surface area contributed by atoms with Gasteiger partial charge in [0.2, 0.25) is 11.7 Å². The lowest BCUT2D eigenvalue weighted by atomic mass is 10.2. The monoisotopic (exact) mass is 248 g/mol. The number of aliphatic hydroxyl groups excluding tert-OH is 1. The largest absolute Gasteiger partial charge is 0.485 e. The van der Waals surface area contributed by atoms with Crippen LogP contribution in [0.5, 0.6) is 5.75 Å². The van der Waals surface area contributed by atoms with Gasteiger partial charge in [-0.25, -0.2) is 0 Å². The van der Waals surface area contributed by atoms with Crippen LogP contribution >= 0.6 is 0 Å². The lowest BCUT2D eigenvalue weighted by Gasteiger charge is -2.01. The summed E-state index contributed by atoms with van der Waals surface area (Å²) >= 11 is 0. The van der Waals surface area contributed by atoms with Crippen molar-refractivity contribution < 1.29 is 14.4 Å². The molecule has 0 fully saturated rings. The number of unbranched alkanes of at least 4 members (excludes halogenated alkanes) is 1. The molecule has 0 aliphatic heterocycles. The van der Waals surface area contributed by atoms with E-state index in [1.807, 2.05) is 30.3 Å². The molecule has 2 aromatic rings. The van der Waals surface area contributed by atoms with Crippen LogP contribution in [-0.4, -0.2) is 21.9 Å². The molecule has 0 amide bonds. The summed E-state index contributed by atoms with van der Waals surface area (Å²) in [5.74, 6) is 1.91. The predicted octanol–water partition coefficient (Wildman–Crippen LogP) is 1.96. The minimum absolute atomic E-state index is 0.193. The SMILES string of the molecule is OCCCCc1nc(COc2ccccc2)no1. The van der Waals surface area contributed by atoms with E-state index in [1.54, 1.807) is 0 Å². The van der Waals surface area contributed by atoms with Crippen molar-refractivity contribution in [1.29, 1.82) is 0 Å². The molecule has 0 saturated heterocycles. The van der Waals surface area contributed by atoms with Crippen molar-refractivity contribution in [2.75, 3.05) is 6.61 Å². The Morgan fingerprint density at radius 2 is 2.00 bits per heavy atom. The number of benzene rings is 1. The average Bonchev–Trinajstić information content (AvgIpc) is 2.86. The van der Waals surface area contributed by atoms with Gasteiger partial charge < -0.3 is 14.4 Å². The molecule has 0 aliphatic carbocycles. The maximum Gasteiger partial charge on any atom is 0.226 e. The fourth-order valence-corrected chi connectivity index (χ4v) is 1.50.